The molecule has 5 heteroatoms. The van der Waals surface area contributed by atoms with Crippen LogP contribution in [0, 0.1) is 0 Å². The molecule has 0 aliphatic rings. The van der Waals surface area contributed by atoms with Crippen LogP contribution < -0.4 is 5.32 Å². The number of imidazole rings is 1. The van der Waals surface area contributed by atoms with Gasteiger partial charge in [-0.05, 0) is 6.92 Å². The van der Waals surface area contributed by atoms with Crippen molar-refractivity contribution in [3.63, 3.8) is 0 Å². The van der Waals surface area contributed by atoms with Gasteiger partial charge in [0.05, 0.1) is 18.9 Å². The Morgan fingerprint density at radius 2 is 2.53 bits per heavy atom. The minimum atomic E-state index is 0.641. The summed E-state index contributed by atoms with van der Waals surface area (Å²) in [6.07, 6.45) is 4.07. The first kappa shape index (κ1) is 12.3. The second kappa shape index (κ2) is 5.95. The number of nitrogens with zero attached hydrogens (tertiary/aromatic N) is 2. The van der Waals surface area contributed by atoms with Crippen molar-refractivity contribution in [2.75, 3.05) is 19.8 Å². The molecule has 0 unspecified atom stereocenters. The molecule has 1 N–H and O–H groups in total. The molecule has 0 aromatic carbocycles. The van der Waals surface area contributed by atoms with Gasteiger partial charge >= 0.3 is 0 Å². The lowest BCUT2D eigenvalue weighted by Crippen LogP contribution is -2.19. The molecule has 17 heavy (non-hydrogen) atoms. The number of thiazole rings is 1. The van der Waals surface area contributed by atoms with Gasteiger partial charge in [0.25, 0.3) is 0 Å². The van der Waals surface area contributed by atoms with E-state index in [0.29, 0.717) is 13.2 Å². The van der Waals surface area contributed by atoms with Crippen LogP contribution in [-0.4, -0.2) is 29.1 Å². The summed E-state index contributed by atoms with van der Waals surface area (Å²) in [5.74, 6) is 0. The van der Waals surface area contributed by atoms with E-state index in [9.17, 15) is 0 Å². The highest BCUT2D eigenvalue weighted by atomic mass is 32.1. The van der Waals surface area contributed by atoms with Gasteiger partial charge in [-0.3, -0.25) is 4.40 Å². The Kier molecular flexibility index (Phi) is 4.30. The van der Waals surface area contributed by atoms with Crippen LogP contribution in [0.2, 0.25) is 0 Å². The molecule has 0 spiro atoms. The predicted octanol–water partition coefficient (Wildman–Crippen LogP) is 2.08. The van der Waals surface area contributed by atoms with Gasteiger partial charge in [0, 0.05) is 30.9 Å². The lowest BCUT2D eigenvalue weighted by atomic mass is 10.4. The van der Waals surface area contributed by atoms with Crippen LogP contribution in [0.15, 0.2) is 29.9 Å². The Hall–Kier alpha value is -1.17. The normalized spacial score (nSPS) is 11.1. The fraction of sp³-hybridized carbons (Fsp3) is 0.417. The molecule has 0 saturated carbocycles. The summed E-state index contributed by atoms with van der Waals surface area (Å²) >= 11 is 1.65. The van der Waals surface area contributed by atoms with Crippen molar-refractivity contribution in [1.82, 2.24) is 14.7 Å². The number of aromatic nitrogens is 2. The Morgan fingerprint density at radius 3 is 3.29 bits per heavy atom. The number of fused-ring (bicyclic) bond motifs is 1. The van der Waals surface area contributed by atoms with E-state index in [1.807, 2.05) is 29.1 Å². The minimum Gasteiger partial charge on any atom is -0.376 e. The summed E-state index contributed by atoms with van der Waals surface area (Å²) in [5, 5.41) is 5.33. The number of rotatable bonds is 7. The Morgan fingerprint density at radius 1 is 1.65 bits per heavy atom. The highest BCUT2D eigenvalue weighted by Gasteiger charge is 2.01. The molecule has 0 amide bonds. The van der Waals surface area contributed by atoms with Crippen LogP contribution in [0.25, 0.3) is 4.96 Å². The van der Waals surface area contributed by atoms with Gasteiger partial charge < -0.3 is 10.1 Å². The van der Waals surface area contributed by atoms with E-state index in [0.717, 1.165) is 29.3 Å². The van der Waals surface area contributed by atoms with Crippen LogP contribution in [0.3, 0.4) is 0 Å². The summed E-state index contributed by atoms with van der Waals surface area (Å²) in [6.45, 7) is 8.70. The SMILES string of the molecule is C=C(C)COCCNCc1cn2ccsc2n1. The van der Waals surface area contributed by atoms with E-state index in [1.54, 1.807) is 11.3 Å². The van der Waals surface area contributed by atoms with Gasteiger partial charge in [0.1, 0.15) is 0 Å². The Labute approximate surface area is 105 Å². The first-order valence-corrected chi connectivity index (χ1v) is 6.47. The molecule has 0 bridgehead atoms. The fourth-order valence-corrected chi connectivity index (χ4v) is 2.19. The van der Waals surface area contributed by atoms with E-state index in [-0.39, 0.29) is 0 Å². The van der Waals surface area contributed by atoms with E-state index < -0.39 is 0 Å². The molecule has 4 nitrogen and oxygen atoms in total. The topological polar surface area (TPSA) is 38.6 Å². The van der Waals surface area contributed by atoms with Crippen molar-refractivity contribution in [3.8, 4) is 0 Å². The van der Waals surface area contributed by atoms with Crippen molar-refractivity contribution in [2.45, 2.75) is 13.5 Å². The second-order valence-electron chi connectivity index (χ2n) is 4.01. The molecule has 0 atom stereocenters. The quantitative estimate of drug-likeness (QED) is 0.605. The largest absolute Gasteiger partial charge is 0.376 e. The van der Waals surface area contributed by atoms with Crippen molar-refractivity contribution in [2.24, 2.45) is 0 Å². The molecule has 0 aliphatic carbocycles. The van der Waals surface area contributed by atoms with Crippen molar-refractivity contribution in [1.29, 1.82) is 0 Å². The minimum absolute atomic E-state index is 0.641. The van der Waals surface area contributed by atoms with Crippen molar-refractivity contribution >= 4 is 16.3 Å². The number of ether oxygens (including phenoxy) is 1. The van der Waals surface area contributed by atoms with Gasteiger partial charge in [0.2, 0.25) is 0 Å². The molecular formula is C12H17N3OS. The van der Waals surface area contributed by atoms with Crippen molar-refractivity contribution < 1.29 is 4.74 Å². The van der Waals surface area contributed by atoms with Crippen LogP contribution in [0.1, 0.15) is 12.6 Å². The van der Waals surface area contributed by atoms with E-state index in [2.05, 4.69) is 16.9 Å². The highest BCUT2D eigenvalue weighted by molar-refractivity contribution is 7.15. The summed E-state index contributed by atoms with van der Waals surface area (Å²) in [7, 11) is 0. The maximum atomic E-state index is 5.39. The van der Waals surface area contributed by atoms with Gasteiger partial charge in [-0.15, -0.1) is 11.3 Å². The number of nitrogens with one attached hydrogen (secondary N) is 1. The summed E-state index contributed by atoms with van der Waals surface area (Å²) in [6, 6.07) is 0. The third kappa shape index (κ3) is 3.66. The zero-order chi connectivity index (χ0) is 12.1. The average molecular weight is 251 g/mol. The standard InChI is InChI=1S/C12H17N3OS/c1-10(2)9-16-5-3-13-7-11-8-15-4-6-17-12(15)14-11/h4,6,8,13H,1,3,5,7,9H2,2H3. The van der Waals surface area contributed by atoms with Crippen LogP contribution in [-0.2, 0) is 11.3 Å². The smallest absolute Gasteiger partial charge is 0.193 e. The lowest BCUT2D eigenvalue weighted by molar-refractivity contribution is 0.157. The van der Waals surface area contributed by atoms with E-state index >= 15 is 0 Å². The highest BCUT2D eigenvalue weighted by Crippen LogP contribution is 2.10. The second-order valence-corrected chi connectivity index (χ2v) is 4.88. The molecule has 2 heterocycles. The van der Waals surface area contributed by atoms with Gasteiger partial charge in [0.15, 0.2) is 4.96 Å². The van der Waals surface area contributed by atoms with Crippen molar-refractivity contribution in [3.05, 3.63) is 35.6 Å². The first-order valence-electron chi connectivity index (χ1n) is 5.59. The van der Waals surface area contributed by atoms with E-state index in [1.165, 1.54) is 0 Å². The third-order valence-corrected chi connectivity index (χ3v) is 2.99. The van der Waals surface area contributed by atoms with Gasteiger partial charge in [-0.25, -0.2) is 4.98 Å². The van der Waals surface area contributed by atoms with Crippen LogP contribution in [0.5, 0.6) is 0 Å². The van der Waals surface area contributed by atoms with Gasteiger partial charge in [-0.2, -0.15) is 0 Å². The third-order valence-electron chi connectivity index (χ3n) is 2.22. The first-order chi connectivity index (χ1) is 8.25. The average Bonchev–Trinajstić information content (AvgIpc) is 2.82. The Balaban J connectivity index is 1.65. The van der Waals surface area contributed by atoms with E-state index in [4.69, 9.17) is 4.74 Å². The molecule has 0 fully saturated rings. The summed E-state index contributed by atoms with van der Waals surface area (Å²) in [5.41, 5.74) is 2.12. The molecule has 0 saturated heterocycles. The maximum Gasteiger partial charge on any atom is 0.193 e. The summed E-state index contributed by atoms with van der Waals surface area (Å²) in [4.78, 5) is 5.52. The van der Waals surface area contributed by atoms with Crippen LogP contribution in [0.4, 0.5) is 0 Å². The molecule has 0 aliphatic heterocycles. The lowest BCUT2D eigenvalue weighted by Gasteiger charge is -2.04. The molecule has 2 rings (SSSR count). The monoisotopic (exact) mass is 251 g/mol. The Bertz CT molecular complexity index is 460. The number of hydrogen-bond acceptors (Lipinski definition) is 4. The van der Waals surface area contributed by atoms with Gasteiger partial charge in [-0.1, -0.05) is 12.2 Å². The molecule has 2 aromatic heterocycles. The molecule has 2 aromatic rings. The number of hydrogen-bond donors (Lipinski definition) is 1. The summed E-state index contributed by atoms with van der Waals surface area (Å²) < 4.78 is 7.43. The fourth-order valence-electron chi connectivity index (χ4n) is 1.47. The zero-order valence-electron chi connectivity index (χ0n) is 9.98. The molecule has 92 valence electrons. The molecule has 0 radical (unpaired) electrons. The zero-order valence-corrected chi connectivity index (χ0v) is 10.8. The predicted molar refractivity (Wildman–Crippen MR) is 70.4 cm³/mol. The maximum absolute atomic E-state index is 5.39. The van der Waals surface area contributed by atoms with Crippen LogP contribution >= 0.6 is 11.3 Å². The molecular weight excluding hydrogens is 234 g/mol.